The number of fused-ring (bicyclic) bond motifs is 3. The minimum atomic E-state index is -5.21. The molecule has 0 N–H and O–H groups in total. The predicted molar refractivity (Wildman–Crippen MR) is 96.5 cm³/mol. The number of hydrogen-bond donors (Lipinski definition) is 0. The molecule has 2 aromatic carbocycles. The summed E-state index contributed by atoms with van der Waals surface area (Å²) in [4.78, 5) is 16.0. The number of hydrogen-bond acceptors (Lipinski definition) is 3. The highest BCUT2D eigenvalue weighted by molar-refractivity contribution is 7.98. The van der Waals surface area contributed by atoms with E-state index in [0.29, 0.717) is 11.8 Å². The van der Waals surface area contributed by atoms with Crippen LogP contribution in [-0.4, -0.2) is 22.7 Å². The summed E-state index contributed by atoms with van der Waals surface area (Å²) in [5.41, 5.74) is -2.09. The Morgan fingerprint density at radius 3 is 2.25 bits per heavy atom. The molecule has 2 nitrogen and oxygen atoms in total. The minimum absolute atomic E-state index is 0.00363. The van der Waals surface area contributed by atoms with Crippen molar-refractivity contribution in [1.29, 1.82) is 0 Å². The Kier molecular flexibility index (Phi) is 5.31. The zero-order valence-electron chi connectivity index (χ0n) is 14.4. The number of nitrogens with zero attached hydrogens (tertiary/aromatic N) is 1. The fraction of sp³-hybridized carbons (Fsp3) is 0.263. The first-order valence-corrected chi connectivity index (χ1v) is 9.31. The van der Waals surface area contributed by atoms with Crippen molar-refractivity contribution in [3.05, 3.63) is 53.2 Å². The van der Waals surface area contributed by atoms with Gasteiger partial charge in [0.1, 0.15) is 0 Å². The van der Waals surface area contributed by atoms with Crippen LogP contribution in [0.15, 0.2) is 36.5 Å². The number of carbonyl (C=O) groups is 1. The van der Waals surface area contributed by atoms with E-state index >= 15 is 0 Å². The summed E-state index contributed by atoms with van der Waals surface area (Å²) in [6.07, 6.45) is -8.92. The molecule has 3 aromatic rings. The second-order valence-corrected chi connectivity index (χ2v) is 7.26. The zero-order chi connectivity index (χ0) is 20.7. The average molecular weight is 417 g/mol. The van der Waals surface area contributed by atoms with Crippen molar-refractivity contribution in [1.82, 2.24) is 4.98 Å². The van der Waals surface area contributed by atoms with E-state index in [0.717, 1.165) is 6.20 Å². The molecule has 28 heavy (non-hydrogen) atoms. The maximum absolute atomic E-state index is 13.8. The van der Waals surface area contributed by atoms with Gasteiger partial charge < -0.3 is 0 Å². The van der Waals surface area contributed by atoms with Crippen molar-refractivity contribution in [2.45, 2.75) is 25.0 Å². The zero-order valence-corrected chi connectivity index (χ0v) is 15.2. The molecule has 0 aliphatic heterocycles. The largest absolute Gasteiger partial charge is 0.454 e. The van der Waals surface area contributed by atoms with Gasteiger partial charge in [0.25, 0.3) is 5.78 Å². The second-order valence-electron chi connectivity index (χ2n) is 5.99. The van der Waals surface area contributed by atoms with Crippen LogP contribution in [-0.2, 0) is 11.9 Å². The first kappa shape index (κ1) is 20.4. The molecule has 0 unspecified atom stereocenters. The van der Waals surface area contributed by atoms with Gasteiger partial charge in [-0.25, -0.2) is 0 Å². The molecule has 1 aromatic heterocycles. The Bertz CT molecular complexity index is 1060. The first-order valence-electron chi connectivity index (χ1n) is 8.15. The number of halogens is 6. The number of carbonyl (C=O) groups excluding carboxylic acids is 1. The molecule has 148 valence electrons. The van der Waals surface area contributed by atoms with Gasteiger partial charge in [-0.2, -0.15) is 38.1 Å². The highest BCUT2D eigenvalue weighted by atomic mass is 32.2. The summed E-state index contributed by atoms with van der Waals surface area (Å²) >= 11 is 1.23. The van der Waals surface area contributed by atoms with Crippen LogP contribution in [0.4, 0.5) is 26.3 Å². The molecular weight excluding hydrogens is 404 g/mol. The Hall–Kier alpha value is -2.29. The van der Waals surface area contributed by atoms with Crippen LogP contribution in [0.3, 0.4) is 0 Å². The Morgan fingerprint density at radius 2 is 1.68 bits per heavy atom. The maximum Gasteiger partial charge on any atom is 0.454 e. The number of pyridine rings is 1. The van der Waals surface area contributed by atoms with Crippen LogP contribution < -0.4 is 0 Å². The quantitative estimate of drug-likeness (QED) is 0.279. The number of thioether (sulfide) groups is 1. The summed E-state index contributed by atoms with van der Waals surface area (Å²) in [7, 11) is 0. The lowest BCUT2D eigenvalue weighted by Gasteiger charge is -2.18. The third kappa shape index (κ3) is 3.67. The van der Waals surface area contributed by atoms with Crippen molar-refractivity contribution >= 4 is 39.2 Å². The van der Waals surface area contributed by atoms with Crippen molar-refractivity contribution in [2.24, 2.45) is 0 Å². The molecule has 0 saturated heterocycles. The van der Waals surface area contributed by atoms with Crippen molar-refractivity contribution in [3.8, 4) is 0 Å². The standard InChI is InChI=1S/C19H13F6NOS/c1-2-28-9-10-8-26-16-12-6-4-3-5-11(12)13(17(27)19(23,24)25)7-14(16)15(10)18(20,21)22/h3-8H,2,9H2,1H3. The third-order valence-electron chi connectivity index (χ3n) is 4.20. The first-order chi connectivity index (χ1) is 13.1. The van der Waals surface area contributed by atoms with E-state index in [4.69, 9.17) is 0 Å². The lowest BCUT2D eigenvalue weighted by atomic mass is 9.94. The SMILES string of the molecule is CCSCc1cnc2c(cc(C(=O)C(F)(F)F)c3ccccc32)c1C(F)(F)F. The normalized spacial score (nSPS) is 12.7. The highest BCUT2D eigenvalue weighted by Crippen LogP contribution is 2.41. The van der Waals surface area contributed by atoms with Crippen LogP contribution in [0.2, 0.25) is 0 Å². The van der Waals surface area contributed by atoms with Crippen LogP contribution >= 0.6 is 11.8 Å². The van der Waals surface area contributed by atoms with Gasteiger partial charge in [-0.1, -0.05) is 31.2 Å². The summed E-state index contributed by atoms with van der Waals surface area (Å²) in [5.74, 6) is -1.62. The van der Waals surface area contributed by atoms with Gasteiger partial charge in [0, 0.05) is 28.3 Å². The molecule has 0 saturated carbocycles. The fourth-order valence-corrected chi connectivity index (χ4v) is 3.71. The van der Waals surface area contributed by atoms with Crippen molar-refractivity contribution in [3.63, 3.8) is 0 Å². The highest BCUT2D eigenvalue weighted by Gasteiger charge is 2.41. The molecule has 0 fully saturated rings. The lowest BCUT2D eigenvalue weighted by Crippen LogP contribution is -2.23. The average Bonchev–Trinajstić information content (AvgIpc) is 2.62. The number of aromatic nitrogens is 1. The van der Waals surface area contributed by atoms with Gasteiger partial charge in [0.15, 0.2) is 0 Å². The molecule has 3 rings (SSSR count). The molecule has 0 aliphatic rings. The topological polar surface area (TPSA) is 30.0 Å². The Balaban J connectivity index is 2.46. The van der Waals surface area contributed by atoms with Gasteiger partial charge in [0.2, 0.25) is 0 Å². The molecule has 0 amide bonds. The molecule has 0 bridgehead atoms. The summed E-state index contributed by atoms with van der Waals surface area (Å²) in [6, 6.07) is 6.18. The number of ketones is 1. The molecule has 0 spiro atoms. The summed E-state index contributed by atoms with van der Waals surface area (Å²) in [5, 5.41) is -0.533. The molecule has 0 aliphatic carbocycles. The molecular formula is C19H13F6NOS. The lowest BCUT2D eigenvalue weighted by molar-refractivity contribution is -0.136. The van der Waals surface area contributed by atoms with Crippen LogP contribution in [0.25, 0.3) is 21.7 Å². The maximum atomic E-state index is 13.8. The molecule has 1 heterocycles. The van der Waals surface area contributed by atoms with Gasteiger partial charge in [-0.3, -0.25) is 9.78 Å². The van der Waals surface area contributed by atoms with E-state index in [1.807, 2.05) is 0 Å². The number of rotatable bonds is 4. The molecule has 9 heteroatoms. The number of Topliss-reactive ketones (excluding diaryl/α,β-unsaturated/α-hetero) is 1. The summed E-state index contributed by atoms with van der Waals surface area (Å²) < 4.78 is 80.6. The van der Waals surface area contributed by atoms with Gasteiger partial charge in [-0.15, -0.1) is 0 Å². The fourth-order valence-electron chi connectivity index (χ4n) is 3.07. The van der Waals surface area contributed by atoms with E-state index in [1.165, 1.54) is 36.0 Å². The monoisotopic (exact) mass is 417 g/mol. The van der Waals surface area contributed by atoms with E-state index in [-0.39, 0.29) is 27.6 Å². The predicted octanol–water partition coefficient (Wildman–Crippen LogP) is 6.40. The van der Waals surface area contributed by atoms with E-state index in [9.17, 15) is 31.1 Å². The van der Waals surface area contributed by atoms with E-state index in [1.54, 1.807) is 6.92 Å². The third-order valence-corrected chi connectivity index (χ3v) is 5.13. The van der Waals surface area contributed by atoms with Crippen molar-refractivity contribution in [2.75, 3.05) is 5.75 Å². The molecule has 0 radical (unpaired) electrons. The second kappa shape index (κ2) is 7.27. The van der Waals surface area contributed by atoms with Crippen LogP contribution in [0, 0.1) is 0 Å². The number of alkyl halides is 6. The van der Waals surface area contributed by atoms with Gasteiger partial charge in [-0.05, 0) is 22.8 Å². The van der Waals surface area contributed by atoms with Crippen LogP contribution in [0.5, 0.6) is 0 Å². The van der Waals surface area contributed by atoms with E-state index < -0.39 is 34.6 Å². The van der Waals surface area contributed by atoms with Crippen molar-refractivity contribution < 1.29 is 31.1 Å². The number of benzene rings is 2. The van der Waals surface area contributed by atoms with Crippen LogP contribution in [0.1, 0.15) is 28.4 Å². The minimum Gasteiger partial charge on any atom is -0.284 e. The Labute approximate surface area is 159 Å². The van der Waals surface area contributed by atoms with Gasteiger partial charge >= 0.3 is 12.4 Å². The van der Waals surface area contributed by atoms with E-state index in [2.05, 4.69) is 4.98 Å². The van der Waals surface area contributed by atoms with Gasteiger partial charge in [0.05, 0.1) is 11.1 Å². The molecule has 0 atom stereocenters. The Morgan fingerprint density at radius 1 is 1.04 bits per heavy atom. The smallest absolute Gasteiger partial charge is 0.284 e. The summed E-state index contributed by atoms with van der Waals surface area (Å²) in [6.45, 7) is 1.78.